The predicted octanol–water partition coefficient (Wildman–Crippen LogP) is 2.52. The highest BCUT2D eigenvalue weighted by molar-refractivity contribution is 5.96. The van der Waals surface area contributed by atoms with Crippen LogP contribution >= 0.6 is 0 Å². The molecule has 1 aromatic carbocycles. The lowest BCUT2D eigenvalue weighted by atomic mass is 9.90. The van der Waals surface area contributed by atoms with Gasteiger partial charge in [0.05, 0.1) is 11.0 Å². The van der Waals surface area contributed by atoms with Crippen molar-refractivity contribution in [3.8, 4) is 5.75 Å². The molecule has 1 amide bonds. The fourth-order valence-corrected chi connectivity index (χ4v) is 1.54. The van der Waals surface area contributed by atoms with E-state index in [1.807, 2.05) is 0 Å². The lowest BCUT2D eigenvalue weighted by Gasteiger charge is -2.19. The summed E-state index contributed by atoms with van der Waals surface area (Å²) in [5.41, 5.74) is -1.00. The molecule has 21 heavy (non-hydrogen) atoms. The number of alkyl halides is 2. The number of aliphatic carboxylic acids is 1. The molecule has 0 bridgehead atoms. The van der Waals surface area contributed by atoms with E-state index in [2.05, 4.69) is 10.1 Å². The van der Waals surface area contributed by atoms with Gasteiger partial charge in [0.15, 0.2) is 0 Å². The number of carboxylic acid groups (broad SMARTS) is 1. The maximum absolute atomic E-state index is 12.2. The van der Waals surface area contributed by atoms with Gasteiger partial charge in [-0.05, 0) is 32.4 Å². The normalized spacial score (nSPS) is 11.3. The van der Waals surface area contributed by atoms with Gasteiger partial charge < -0.3 is 15.2 Å². The molecule has 116 valence electrons. The molecule has 7 heteroatoms. The zero-order valence-electron chi connectivity index (χ0n) is 11.7. The van der Waals surface area contributed by atoms with E-state index in [4.69, 9.17) is 5.11 Å². The summed E-state index contributed by atoms with van der Waals surface area (Å²) >= 11 is 0. The van der Waals surface area contributed by atoms with E-state index < -0.39 is 23.9 Å². The Bertz CT molecular complexity index is 517. The summed E-state index contributed by atoms with van der Waals surface area (Å²) in [6, 6.07) is 5.62. The third-order valence-corrected chi connectivity index (χ3v) is 2.96. The molecule has 0 aliphatic carbocycles. The molecule has 0 aliphatic rings. The molecule has 0 aromatic heterocycles. The Balaban J connectivity index is 2.66. The van der Waals surface area contributed by atoms with Gasteiger partial charge in [0, 0.05) is 6.54 Å². The highest BCUT2D eigenvalue weighted by Gasteiger charge is 2.26. The zero-order valence-corrected chi connectivity index (χ0v) is 11.7. The minimum absolute atomic E-state index is 0.0223. The summed E-state index contributed by atoms with van der Waals surface area (Å²) in [5.74, 6) is -1.78. The van der Waals surface area contributed by atoms with E-state index >= 15 is 0 Å². The summed E-state index contributed by atoms with van der Waals surface area (Å²) in [6.45, 7) is 0.163. The Morgan fingerprint density at radius 1 is 1.33 bits per heavy atom. The number of amides is 1. The molecule has 1 aromatic rings. The lowest BCUT2D eigenvalue weighted by molar-refractivity contribution is -0.147. The van der Waals surface area contributed by atoms with Crippen molar-refractivity contribution in [2.24, 2.45) is 5.41 Å². The van der Waals surface area contributed by atoms with E-state index in [-0.39, 0.29) is 24.3 Å². The van der Waals surface area contributed by atoms with Crippen LogP contribution in [-0.4, -0.2) is 30.1 Å². The first-order valence-corrected chi connectivity index (χ1v) is 6.29. The summed E-state index contributed by atoms with van der Waals surface area (Å²) in [6.07, 6.45) is 0.214. The van der Waals surface area contributed by atoms with Crippen LogP contribution in [0.4, 0.5) is 8.78 Å². The Hall–Kier alpha value is -2.18. The van der Waals surface area contributed by atoms with Gasteiger partial charge >= 0.3 is 12.6 Å². The van der Waals surface area contributed by atoms with E-state index in [1.54, 1.807) is 0 Å². The van der Waals surface area contributed by atoms with Gasteiger partial charge in [0.25, 0.3) is 5.91 Å². The molecule has 0 saturated heterocycles. The molecular formula is C14H17F2NO4. The quantitative estimate of drug-likeness (QED) is 0.811. The molecule has 0 heterocycles. The maximum Gasteiger partial charge on any atom is 0.387 e. The number of carboxylic acids is 1. The van der Waals surface area contributed by atoms with E-state index in [9.17, 15) is 18.4 Å². The van der Waals surface area contributed by atoms with Gasteiger partial charge in [-0.3, -0.25) is 9.59 Å². The molecule has 0 unspecified atom stereocenters. The first-order valence-electron chi connectivity index (χ1n) is 6.29. The van der Waals surface area contributed by atoms with Gasteiger partial charge in [-0.25, -0.2) is 0 Å². The second-order valence-corrected chi connectivity index (χ2v) is 5.07. The van der Waals surface area contributed by atoms with Crippen molar-refractivity contribution in [2.45, 2.75) is 26.9 Å². The van der Waals surface area contributed by atoms with Gasteiger partial charge in [0.1, 0.15) is 5.75 Å². The summed E-state index contributed by atoms with van der Waals surface area (Å²) < 4.78 is 28.7. The van der Waals surface area contributed by atoms with Crippen molar-refractivity contribution in [3.05, 3.63) is 29.8 Å². The molecule has 0 atom stereocenters. The first kappa shape index (κ1) is 16.9. The maximum atomic E-state index is 12.2. The Kier molecular flexibility index (Phi) is 5.63. The number of ether oxygens (including phenoxy) is 1. The number of hydrogen-bond acceptors (Lipinski definition) is 3. The van der Waals surface area contributed by atoms with E-state index in [0.29, 0.717) is 0 Å². The average Bonchev–Trinajstić information content (AvgIpc) is 2.38. The highest BCUT2D eigenvalue weighted by atomic mass is 19.3. The third-order valence-electron chi connectivity index (χ3n) is 2.96. The molecule has 0 spiro atoms. The van der Waals surface area contributed by atoms with Gasteiger partial charge in [-0.2, -0.15) is 8.78 Å². The van der Waals surface area contributed by atoms with E-state index in [0.717, 1.165) is 0 Å². The second kappa shape index (κ2) is 7.01. The number of carbonyl (C=O) groups is 2. The number of hydrogen-bond donors (Lipinski definition) is 2. The van der Waals surface area contributed by atoms with Crippen LogP contribution in [-0.2, 0) is 4.79 Å². The average molecular weight is 301 g/mol. The number of benzene rings is 1. The Labute approximate surface area is 120 Å². The molecule has 0 saturated carbocycles. The van der Waals surface area contributed by atoms with E-state index in [1.165, 1.54) is 38.1 Å². The summed E-state index contributed by atoms with van der Waals surface area (Å²) in [7, 11) is 0. The van der Waals surface area contributed by atoms with Crippen molar-refractivity contribution < 1.29 is 28.2 Å². The van der Waals surface area contributed by atoms with Crippen LogP contribution in [0.25, 0.3) is 0 Å². The van der Waals surface area contributed by atoms with Crippen LogP contribution in [0.2, 0.25) is 0 Å². The first-order chi connectivity index (χ1) is 9.74. The van der Waals surface area contributed by atoms with Crippen LogP contribution in [0, 0.1) is 5.41 Å². The lowest BCUT2D eigenvalue weighted by Crippen LogP contribution is -2.32. The van der Waals surface area contributed by atoms with Crippen LogP contribution in [0.1, 0.15) is 30.6 Å². The SMILES string of the molecule is CC(C)(CCNC(=O)c1ccccc1OC(F)F)C(=O)O. The largest absolute Gasteiger partial charge is 0.481 e. The van der Waals surface area contributed by atoms with Crippen LogP contribution in [0.15, 0.2) is 24.3 Å². The van der Waals surface area contributed by atoms with Crippen molar-refractivity contribution in [2.75, 3.05) is 6.54 Å². The second-order valence-electron chi connectivity index (χ2n) is 5.07. The standard InChI is InChI=1S/C14H17F2NO4/c1-14(2,12(19)20)7-8-17-11(18)9-5-3-4-6-10(9)21-13(15)16/h3-6,13H,7-8H2,1-2H3,(H,17,18)(H,19,20). The minimum atomic E-state index is -3.02. The van der Waals surface area contributed by atoms with Crippen LogP contribution in [0.5, 0.6) is 5.75 Å². The topological polar surface area (TPSA) is 75.6 Å². The number of halogens is 2. The molecule has 2 N–H and O–H groups in total. The number of rotatable bonds is 7. The third kappa shape index (κ3) is 5.02. The Morgan fingerprint density at radius 3 is 2.52 bits per heavy atom. The van der Waals surface area contributed by atoms with Gasteiger partial charge in [-0.15, -0.1) is 0 Å². The number of nitrogens with one attached hydrogen (secondary N) is 1. The molecule has 0 radical (unpaired) electrons. The predicted molar refractivity (Wildman–Crippen MR) is 71.4 cm³/mol. The van der Waals surface area contributed by atoms with Crippen molar-refractivity contribution >= 4 is 11.9 Å². The highest BCUT2D eigenvalue weighted by Crippen LogP contribution is 2.21. The molecule has 5 nitrogen and oxygen atoms in total. The van der Waals surface area contributed by atoms with Crippen molar-refractivity contribution in [1.82, 2.24) is 5.32 Å². The van der Waals surface area contributed by atoms with Gasteiger partial charge in [-0.1, -0.05) is 12.1 Å². The Morgan fingerprint density at radius 2 is 1.95 bits per heavy atom. The molecule has 1 rings (SSSR count). The van der Waals surface area contributed by atoms with Crippen LogP contribution < -0.4 is 10.1 Å². The van der Waals surface area contributed by atoms with Crippen molar-refractivity contribution in [1.29, 1.82) is 0 Å². The van der Waals surface area contributed by atoms with Crippen molar-refractivity contribution in [3.63, 3.8) is 0 Å². The number of para-hydroxylation sites is 1. The fourth-order valence-electron chi connectivity index (χ4n) is 1.54. The summed E-state index contributed by atoms with van der Waals surface area (Å²) in [4.78, 5) is 22.8. The number of carbonyl (C=O) groups excluding carboxylic acids is 1. The minimum Gasteiger partial charge on any atom is -0.481 e. The fraction of sp³-hybridized carbons (Fsp3) is 0.429. The monoisotopic (exact) mass is 301 g/mol. The summed E-state index contributed by atoms with van der Waals surface area (Å²) in [5, 5.41) is 11.4. The molecule has 0 aliphatic heterocycles. The smallest absolute Gasteiger partial charge is 0.387 e. The zero-order chi connectivity index (χ0) is 16.0. The molecule has 0 fully saturated rings. The van der Waals surface area contributed by atoms with Crippen LogP contribution in [0.3, 0.4) is 0 Å². The van der Waals surface area contributed by atoms with Gasteiger partial charge in [0.2, 0.25) is 0 Å². The molecular weight excluding hydrogens is 284 g/mol.